The van der Waals surface area contributed by atoms with Gasteiger partial charge in [0.1, 0.15) is 0 Å². The summed E-state index contributed by atoms with van der Waals surface area (Å²) >= 11 is 0. The predicted molar refractivity (Wildman–Crippen MR) is 64.5 cm³/mol. The van der Waals surface area contributed by atoms with Gasteiger partial charge in [-0.1, -0.05) is 39.3 Å². The maximum atomic E-state index is 12.0. The quantitative estimate of drug-likeness (QED) is 0.832. The molecule has 0 spiro atoms. The molecule has 0 aliphatic heterocycles. The Kier molecular flexibility index (Phi) is 6.88. The molecule has 0 amide bonds. The van der Waals surface area contributed by atoms with Gasteiger partial charge in [0.05, 0.1) is 5.56 Å². The van der Waals surface area contributed by atoms with Crippen molar-refractivity contribution in [2.24, 2.45) is 11.7 Å². The summed E-state index contributed by atoms with van der Waals surface area (Å²) < 4.78 is 36.0. The largest absolute Gasteiger partial charge is 0.416 e. The summed E-state index contributed by atoms with van der Waals surface area (Å²) in [6.45, 7) is 6.91. The predicted octanol–water partition coefficient (Wildman–Crippen LogP) is 4.22. The number of hydrogen-bond donors (Lipinski definition) is 1. The second kappa shape index (κ2) is 7.33. The van der Waals surface area contributed by atoms with E-state index in [1.807, 2.05) is 0 Å². The van der Waals surface area contributed by atoms with Crippen LogP contribution in [0.2, 0.25) is 0 Å². The van der Waals surface area contributed by atoms with Gasteiger partial charge in [-0.05, 0) is 23.6 Å². The van der Waals surface area contributed by atoms with E-state index < -0.39 is 11.7 Å². The Morgan fingerprint density at radius 1 is 1.12 bits per heavy atom. The van der Waals surface area contributed by atoms with E-state index in [1.54, 1.807) is 0 Å². The van der Waals surface area contributed by atoms with Crippen LogP contribution in [-0.2, 0) is 12.7 Å². The first-order valence-electron chi connectivity index (χ1n) is 5.67. The van der Waals surface area contributed by atoms with Crippen molar-refractivity contribution in [2.75, 3.05) is 0 Å². The highest BCUT2D eigenvalue weighted by atomic mass is 19.4. The first kappa shape index (κ1) is 16.0. The molecule has 0 heterocycles. The van der Waals surface area contributed by atoms with E-state index in [1.165, 1.54) is 18.6 Å². The minimum atomic E-state index is -4.26. The van der Waals surface area contributed by atoms with Gasteiger partial charge in [-0.3, -0.25) is 0 Å². The monoisotopic (exact) mass is 247 g/mol. The van der Waals surface area contributed by atoms with Crippen molar-refractivity contribution in [3.8, 4) is 0 Å². The van der Waals surface area contributed by atoms with E-state index in [4.69, 9.17) is 5.73 Å². The van der Waals surface area contributed by atoms with Crippen LogP contribution in [0.3, 0.4) is 0 Å². The first-order valence-corrected chi connectivity index (χ1v) is 5.67. The molecule has 2 N–H and O–H groups in total. The number of nitrogens with two attached hydrogens (primary N) is 1. The molecule has 98 valence electrons. The van der Waals surface area contributed by atoms with Crippen molar-refractivity contribution < 1.29 is 13.2 Å². The fourth-order valence-electron chi connectivity index (χ4n) is 0.830. The van der Waals surface area contributed by atoms with Crippen LogP contribution in [0, 0.1) is 5.92 Å². The van der Waals surface area contributed by atoms with Gasteiger partial charge in [0, 0.05) is 6.54 Å². The molecule has 1 aromatic carbocycles. The van der Waals surface area contributed by atoms with Gasteiger partial charge in [-0.15, -0.1) is 0 Å². The fraction of sp³-hybridized carbons (Fsp3) is 0.538. The molecular formula is C13H20F3N. The Morgan fingerprint density at radius 2 is 1.53 bits per heavy atom. The normalized spacial score (nSPS) is 11.1. The van der Waals surface area contributed by atoms with Gasteiger partial charge in [-0.25, -0.2) is 0 Å². The van der Waals surface area contributed by atoms with E-state index in [9.17, 15) is 13.2 Å². The molecule has 1 nitrogen and oxygen atoms in total. The lowest BCUT2D eigenvalue weighted by Crippen LogP contribution is -2.05. The number of halogens is 3. The van der Waals surface area contributed by atoms with E-state index in [0.717, 1.165) is 18.1 Å². The van der Waals surface area contributed by atoms with E-state index in [-0.39, 0.29) is 6.54 Å². The van der Waals surface area contributed by atoms with Gasteiger partial charge >= 0.3 is 6.18 Å². The topological polar surface area (TPSA) is 26.0 Å². The van der Waals surface area contributed by atoms with Gasteiger partial charge < -0.3 is 5.73 Å². The summed E-state index contributed by atoms with van der Waals surface area (Å²) in [5, 5.41) is 0. The second-order valence-corrected chi connectivity index (χ2v) is 4.20. The third kappa shape index (κ3) is 7.00. The lowest BCUT2D eigenvalue weighted by molar-refractivity contribution is -0.137. The Labute approximate surface area is 101 Å². The summed E-state index contributed by atoms with van der Waals surface area (Å²) in [6, 6.07) is 4.82. The molecule has 17 heavy (non-hydrogen) atoms. The zero-order chi connectivity index (χ0) is 13.5. The number of alkyl halides is 3. The molecule has 0 atom stereocenters. The number of benzene rings is 1. The van der Waals surface area contributed by atoms with Crippen LogP contribution >= 0.6 is 0 Å². The summed E-state index contributed by atoms with van der Waals surface area (Å²) in [6.07, 6.45) is -2.95. The van der Waals surface area contributed by atoms with Crippen LogP contribution < -0.4 is 5.73 Å². The van der Waals surface area contributed by atoms with Crippen molar-refractivity contribution in [1.82, 2.24) is 0 Å². The molecule has 0 saturated heterocycles. The highest BCUT2D eigenvalue weighted by Crippen LogP contribution is 2.28. The lowest BCUT2D eigenvalue weighted by atomic mass is 10.1. The van der Waals surface area contributed by atoms with Crippen LogP contribution in [-0.4, -0.2) is 0 Å². The average molecular weight is 247 g/mol. The van der Waals surface area contributed by atoms with Crippen molar-refractivity contribution in [2.45, 2.75) is 39.9 Å². The third-order valence-electron chi connectivity index (χ3n) is 2.33. The zero-order valence-electron chi connectivity index (χ0n) is 10.5. The molecular weight excluding hydrogens is 227 g/mol. The van der Waals surface area contributed by atoms with Crippen LogP contribution in [0.1, 0.15) is 38.3 Å². The third-order valence-corrected chi connectivity index (χ3v) is 2.33. The van der Waals surface area contributed by atoms with E-state index in [0.29, 0.717) is 5.56 Å². The SMILES string of the molecule is CCC(C)C.NCc1ccc(C(F)(F)F)cc1. The van der Waals surface area contributed by atoms with Gasteiger partial charge in [0.15, 0.2) is 0 Å². The molecule has 4 heteroatoms. The van der Waals surface area contributed by atoms with Crippen molar-refractivity contribution in [3.05, 3.63) is 35.4 Å². The molecule has 0 aromatic heterocycles. The van der Waals surface area contributed by atoms with Crippen molar-refractivity contribution >= 4 is 0 Å². The number of rotatable bonds is 2. The molecule has 0 aliphatic carbocycles. The molecule has 0 fully saturated rings. The molecule has 0 unspecified atom stereocenters. The Bertz CT molecular complexity index is 301. The highest BCUT2D eigenvalue weighted by molar-refractivity contribution is 5.24. The summed E-state index contributed by atoms with van der Waals surface area (Å²) in [5.74, 6) is 0.884. The number of hydrogen-bond acceptors (Lipinski definition) is 1. The maximum absolute atomic E-state index is 12.0. The van der Waals surface area contributed by atoms with Crippen LogP contribution in [0.4, 0.5) is 13.2 Å². The van der Waals surface area contributed by atoms with Crippen molar-refractivity contribution in [1.29, 1.82) is 0 Å². The Hall–Kier alpha value is -1.03. The van der Waals surface area contributed by atoms with Crippen molar-refractivity contribution in [3.63, 3.8) is 0 Å². The van der Waals surface area contributed by atoms with Gasteiger partial charge in [-0.2, -0.15) is 13.2 Å². The van der Waals surface area contributed by atoms with E-state index >= 15 is 0 Å². The Balaban J connectivity index is 0.000000437. The molecule has 1 aromatic rings. The summed E-state index contributed by atoms with van der Waals surface area (Å²) in [7, 11) is 0. The van der Waals surface area contributed by atoms with E-state index in [2.05, 4.69) is 20.8 Å². The highest BCUT2D eigenvalue weighted by Gasteiger charge is 2.29. The van der Waals surface area contributed by atoms with Crippen LogP contribution in [0.15, 0.2) is 24.3 Å². The fourth-order valence-corrected chi connectivity index (χ4v) is 0.830. The summed E-state index contributed by atoms with van der Waals surface area (Å²) in [4.78, 5) is 0. The van der Waals surface area contributed by atoms with Crippen LogP contribution in [0.25, 0.3) is 0 Å². The van der Waals surface area contributed by atoms with Gasteiger partial charge in [0.25, 0.3) is 0 Å². The first-order chi connectivity index (χ1) is 7.81. The maximum Gasteiger partial charge on any atom is 0.416 e. The molecule has 1 rings (SSSR count). The lowest BCUT2D eigenvalue weighted by Gasteiger charge is -2.06. The van der Waals surface area contributed by atoms with Crippen LogP contribution in [0.5, 0.6) is 0 Å². The molecule has 0 aliphatic rings. The molecule has 0 radical (unpaired) electrons. The standard InChI is InChI=1S/C8H8F3N.C5H12/c9-8(10,11)7-3-1-6(5-12)2-4-7;1-4-5(2)3/h1-4H,5,12H2;5H,4H2,1-3H3. The minimum Gasteiger partial charge on any atom is -0.326 e. The smallest absolute Gasteiger partial charge is 0.326 e. The minimum absolute atomic E-state index is 0.262. The average Bonchev–Trinajstić information content (AvgIpc) is 2.29. The summed E-state index contributed by atoms with van der Waals surface area (Å²) in [5.41, 5.74) is 5.29. The second-order valence-electron chi connectivity index (χ2n) is 4.20. The Morgan fingerprint density at radius 3 is 1.76 bits per heavy atom. The molecule has 0 bridgehead atoms. The molecule has 0 saturated carbocycles. The van der Waals surface area contributed by atoms with Gasteiger partial charge in [0.2, 0.25) is 0 Å². The zero-order valence-corrected chi connectivity index (χ0v) is 10.5.